The van der Waals surface area contributed by atoms with Crippen LogP contribution >= 0.6 is 0 Å². The van der Waals surface area contributed by atoms with E-state index in [4.69, 9.17) is 0 Å². The number of hydrogen-bond acceptors (Lipinski definition) is 2. The van der Waals surface area contributed by atoms with E-state index in [1.807, 2.05) is 27.1 Å². The maximum atomic E-state index is 3.16. The Morgan fingerprint density at radius 1 is 1.15 bits per heavy atom. The molecule has 0 saturated carbocycles. The largest absolute Gasteiger partial charge is 0.388 e. The molecule has 0 aliphatic heterocycles. The molecule has 0 spiro atoms. The molecule has 1 aromatic rings. The van der Waals surface area contributed by atoms with E-state index in [0.29, 0.717) is 0 Å². The highest BCUT2D eigenvalue weighted by atomic mass is 14.9. The number of nitrogens with one attached hydrogen (secondary N) is 2. The summed E-state index contributed by atoms with van der Waals surface area (Å²) < 4.78 is 0. The molecule has 0 heterocycles. The zero-order valence-corrected chi connectivity index (χ0v) is 8.39. The predicted molar refractivity (Wildman–Crippen MR) is 60.2 cm³/mol. The van der Waals surface area contributed by atoms with Crippen molar-refractivity contribution in [1.82, 2.24) is 0 Å². The lowest BCUT2D eigenvalue weighted by Gasteiger charge is -2.08. The van der Waals surface area contributed by atoms with Gasteiger partial charge in [-0.05, 0) is 24.6 Å². The normalized spacial score (nSPS) is 10.4. The minimum Gasteiger partial charge on any atom is -0.388 e. The van der Waals surface area contributed by atoms with Crippen LogP contribution in [0, 0.1) is 0 Å². The third kappa shape index (κ3) is 2.25. The third-order valence-corrected chi connectivity index (χ3v) is 1.96. The second-order valence-electron chi connectivity index (χ2n) is 2.80. The molecular formula is C11H16N2. The summed E-state index contributed by atoms with van der Waals surface area (Å²) in [6.45, 7) is 2.02. The van der Waals surface area contributed by atoms with Gasteiger partial charge in [-0.25, -0.2) is 0 Å². The van der Waals surface area contributed by atoms with Crippen LogP contribution < -0.4 is 10.6 Å². The van der Waals surface area contributed by atoms with E-state index in [1.165, 1.54) is 5.56 Å². The molecule has 2 N–H and O–H groups in total. The van der Waals surface area contributed by atoms with E-state index in [2.05, 4.69) is 34.9 Å². The van der Waals surface area contributed by atoms with E-state index in [9.17, 15) is 0 Å². The highest BCUT2D eigenvalue weighted by Crippen LogP contribution is 2.21. The molecule has 0 fully saturated rings. The van der Waals surface area contributed by atoms with Crippen LogP contribution in [0.4, 0.5) is 11.4 Å². The molecule has 0 unspecified atom stereocenters. The molecule has 1 aromatic carbocycles. The smallest absolute Gasteiger partial charge is 0.0431 e. The fourth-order valence-electron chi connectivity index (χ4n) is 1.25. The maximum Gasteiger partial charge on any atom is 0.0431 e. The summed E-state index contributed by atoms with van der Waals surface area (Å²) in [5.41, 5.74) is 3.48. The van der Waals surface area contributed by atoms with Crippen molar-refractivity contribution in [2.45, 2.75) is 6.92 Å². The van der Waals surface area contributed by atoms with Crippen LogP contribution in [-0.4, -0.2) is 14.1 Å². The Morgan fingerprint density at radius 2 is 1.92 bits per heavy atom. The fourth-order valence-corrected chi connectivity index (χ4v) is 1.25. The first kappa shape index (κ1) is 9.65. The Hall–Kier alpha value is -1.44. The van der Waals surface area contributed by atoms with Crippen molar-refractivity contribution in [2.24, 2.45) is 0 Å². The summed E-state index contributed by atoms with van der Waals surface area (Å²) in [6, 6.07) is 6.25. The number of allylic oxidation sites excluding steroid dienone is 1. The molecule has 0 amide bonds. The topological polar surface area (TPSA) is 24.1 Å². The lowest BCUT2D eigenvalue weighted by Crippen LogP contribution is -1.94. The minimum absolute atomic E-state index is 1.12. The average Bonchev–Trinajstić information content (AvgIpc) is 2.19. The third-order valence-electron chi connectivity index (χ3n) is 1.96. The van der Waals surface area contributed by atoms with Gasteiger partial charge in [0.15, 0.2) is 0 Å². The van der Waals surface area contributed by atoms with Crippen molar-refractivity contribution >= 4 is 17.5 Å². The standard InChI is InChI=1S/C11H16N2/c1-4-5-9-6-7-10(12-2)8-11(9)13-3/h4-8,12-13H,1-3H3/b5-4+. The fraction of sp³-hybridized carbons (Fsp3) is 0.273. The number of benzene rings is 1. The Morgan fingerprint density at radius 3 is 2.46 bits per heavy atom. The SMILES string of the molecule is C/C=C/c1ccc(NC)cc1NC. The maximum absolute atomic E-state index is 3.16. The molecule has 0 saturated heterocycles. The minimum atomic E-state index is 1.12. The van der Waals surface area contributed by atoms with Crippen molar-refractivity contribution < 1.29 is 0 Å². The highest BCUT2D eigenvalue weighted by Gasteiger charge is 1.97. The van der Waals surface area contributed by atoms with Gasteiger partial charge in [0.2, 0.25) is 0 Å². The van der Waals surface area contributed by atoms with Gasteiger partial charge in [-0.3, -0.25) is 0 Å². The van der Waals surface area contributed by atoms with Crippen LogP contribution in [-0.2, 0) is 0 Å². The van der Waals surface area contributed by atoms with Gasteiger partial charge in [-0.15, -0.1) is 0 Å². The van der Waals surface area contributed by atoms with Crippen molar-refractivity contribution in [3.05, 3.63) is 29.8 Å². The molecule has 2 nitrogen and oxygen atoms in total. The van der Waals surface area contributed by atoms with Gasteiger partial charge in [-0.1, -0.05) is 18.2 Å². The van der Waals surface area contributed by atoms with Crippen LogP contribution in [0.1, 0.15) is 12.5 Å². The molecule has 0 atom stereocenters. The van der Waals surface area contributed by atoms with Gasteiger partial charge in [0, 0.05) is 25.5 Å². The van der Waals surface area contributed by atoms with Crippen molar-refractivity contribution in [1.29, 1.82) is 0 Å². The zero-order valence-electron chi connectivity index (χ0n) is 8.39. The lowest BCUT2D eigenvalue weighted by molar-refractivity contribution is 1.45. The van der Waals surface area contributed by atoms with Crippen LogP contribution in [0.3, 0.4) is 0 Å². The van der Waals surface area contributed by atoms with E-state index < -0.39 is 0 Å². The average molecular weight is 176 g/mol. The summed E-state index contributed by atoms with van der Waals surface area (Å²) in [6.07, 6.45) is 4.13. The van der Waals surface area contributed by atoms with Crippen molar-refractivity contribution in [3.63, 3.8) is 0 Å². The molecule has 0 bridgehead atoms. The van der Waals surface area contributed by atoms with Crippen LogP contribution in [0.25, 0.3) is 6.08 Å². The summed E-state index contributed by atoms with van der Waals surface area (Å²) in [4.78, 5) is 0. The molecule has 0 aliphatic rings. The van der Waals surface area contributed by atoms with E-state index >= 15 is 0 Å². The predicted octanol–water partition coefficient (Wildman–Crippen LogP) is 2.80. The van der Waals surface area contributed by atoms with E-state index in [-0.39, 0.29) is 0 Å². The van der Waals surface area contributed by atoms with Gasteiger partial charge >= 0.3 is 0 Å². The van der Waals surface area contributed by atoms with Gasteiger partial charge < -0.3 is 10.6 Å². The highest BCUT2D eigenvalue weighted by molar-refractivity contribution is 5.70. The molecule has 1 rings (SSSR count). The Kier molecular flexibility index (Phi) is 3.38. The van der Waals surface area contributed by atoms with Crippen molar-refractivity contribution in [2.75, 3.05) is 24.7 Å². The van der Waals surface area contributed by atoms with Gasteiger partial charge in [-0.2, -0.15) is 0 Å². The Balaban J connectivity index is 3.07. The first-order valence-electron chi connectivity index (χ1n) is 4.44. The van der Waals surface area contributed by atoms with Crippen LogP contribution in [0.15, 0.2) is 24.3 Å². The quantitative estimate of drug-likeness (QED) is 0.740. The molecule has 13 heavy (non-hydrogen) atoms. The molecule has 0 aliphatic carbocycles. The monoisotopic (exact) mass is 176 g/mol. The van der Waals surface area contributed by atoms with Gasteiger partial charge in [0.1, 0.15) is 0 Å². The lowest BCUT2D eigenvalue weighted by atomic mass is 10.1. The summed E-state index contributed by atoms with van der Waals surface area (Å²) >= 11 is 0. The van der Waals surface area contributed by atoms with Gasteiger partial charge in [0.05, 0.1) is 0 Å². The number of rotatable bonds is 3. The Bertz CT molecular complexity index is 303. The summed E-state index contributed by atoms with van der Waals surface area (Å²) in [5, 5.41) is 6.27. The zero-order chi connectivity index (χ0) is 9.68. The van der Waals surface area contributed by atoms with Gasteiger partial charge in [0.25, 0.3) is 0 Å². The summed E-state index contributed by atoms with van der Waals surface area (Å²) in [5.74, 6) is 0. The van der Waals surface area contributed by atoms with E-state index in [0.717, 1.165) is 11.4 Å². The summed E-state index contributed by atoms with van der Waals surface area (Å²) in [7, 11) is 3.85. The van der Waals surface area contributed by atoms with Crippen LogP contribution in [0.5, 0.6) is 0 Å². The van der Waals surface area contributed by atoms with Crippen LogP contribution in [0.2, 0.25) is 0 Å². The van der Waals surface area contributed by atoms with E-state index in [1.54, 1.807) is 0 Å². The number of anilines is 2. The first-order chi connectivity index (χ1) is 6.31. The van der Waals surface area contributed by atoms with Crippen molar-refractivity contribution in [3.8, 4) is 0 Å². The molecule has 70 valence electrons. The molecule has 0 radical (unpaired) electrons. The molecule has 0 aromatic heterocycles. The second kappa shape index (κ2) is 4.55. The Labute approximate surface area is 79.7 Å². The second-order valence-corrected chi connectivity index (χ2v) is 2.80. The molecular weight excluding hydrogens is 160 g/mol. The number of hydrogen-bond donors (Lipinski definition) is 2. The molecule has 2 heteroatoms. The first-order valence-corrected chi connectivity index (χ1v) is 4.44.